The van der Waals surface area contributed by atoms with Gasteiger partial charge in [0.2, 0.25) is 0 Å². The Morgan fingerprint density at radius 1 is 1.20 bits per heavy atom. The second-order valence-electron chi connectivity index (χ2n) is 7.25. The summed E-state index contributed by atoms with van der Waals surface area (Å²) in [6.07, 6.45) is 5.67. The highest BCUT2D eigenvalue weighted by molar-refractivity contribution is 5.80. The van der Waals surface area contributed by atoms with Gasteiger partial charge in [-0.1, -0.05) is 13.8 Å². The number of carbonyl (C=O) groups excluding carboxylic acids is 1. The van der Waals surface area contributed by atoms with Crippen LogP contribution in [0.3, 0.4) is 0 Å². The van der Waals surface area contributed by atoms with Gasteiger partial charge in [-0.2, -0.15) is 0 Å². The summed E-state index contributed by atoms with van der Waals surface area (Å²) in [7, 11) is 1.82. The standard InChI is InChI=1S/C15H26N2O3/c1-14(2)6-4-11(5-7-14)17(3)13(20)16-10-15(8-9-15)12(18)19/h11H,4-10H2,1-3H3,(H,16,20)(H,18,19). The molecule has 2 rings (SSSR count). The van der Waals surface area contributed by atoms with Crippen molar-refractivity contribution in [3.8, 4) is 0 Å². The van der Waals surface area contributed by atoms with Gasteiger partial charge in [-0.05, 0) is 43.9 Å². The van der Waals surface area contributed by atoms with E-state index < -0.39 is 11.4 Å². The fourth-order valence-corrected chi connectivity index (χ4v) is 2.92. The Bertz CT molecular complexity index is 392. The lowest BCUT2D eigenvalue weighted by atomic mass is 9.75. The van der Waals surface area contributed by atoms with Crippen LogP contribution in [0.4, 0.5) is 4.79 Å². The van der Waals surface area contributed by atoms with Gasteiger partial charge >= 0.3 is 12.0 Å². The number of rotatable bonds is 4. The number of carboxylic acids is 1. The van der Waals surface area contributed by atoms with Crippen LogP contribution in [-0.2, 0) is 4.79 Å². The summed E-state index contributed by atoms with van der Waals surface area (Å²) >= 11 is 0. The highest BCUT2D eigenvalue weighted by Crippen LogP contribution is 2.45. The van der Waals surface area contributed by atoms with Crippen LogP contribution in [-0.4, -0.2) is 41.6 Å². The fourth-order valence-electron chi connectivity index (χ4n) is 2.92. The van der Waals surface area contributed by atoms with Crippen LogP contribution < -0.4 is 5.32 Å². The van der Waals surface area contributed by atoms with Gasteiger partial charge in [0.15, 0.2) is 0 Å². The minimum atomic E-state index is -0.792. The summed E-state index contributed by atoms with van der Waals surface area (Å²) in [5.74, 6) is -0.792. The average Bonchev–Trinajstić information content (AvgIpc) is 3.16. The lowest BCUT2D eigenvalue weighted by Crippen LogP contribution is -2.47. The monoisotopic (exact) mass is 282 g/mol. The van der Waals surface area contributed by atoms with Gasteiger partial charge in [-0.25, -0.2) is 4.79 Å². The lowest BCUT2D eigenvalue weighted by molar-refractivity contribution is -0.143. The van der Waals surface area contributed by atoms with Crippen LogP contribution in [0.15, 0.2) is 0 Å². The first kappa shape index (κ1) is 15.1. The van der Waals surface area contributed by atoms with Crippen LogP contribution >= 0.6 is 0 Å². The molecule has 0 aliphatic heterocycles. The third-order valence-electron chi connectivity index (χ3n) is 5.06. The van der Waals surface area contributed by atoms with Gasteiger partial charge in [-0.15, -0.1) is 0 Å². The molecule has 114 valence electrons. The summed E-state index contributed by atoms with van der Waals surface area (Å²) in [6, 6.07) is 0.144. The van der Waals surface area contributed by atoms with Gasteiger partial charge in [0.25, 0.3) is 0 Å². The first-order valence-electron chi connectivity index (χ1n) is 7.50. The Labute approximate surface area is 120 Å². The Morgan fingerprint density at radius 2 is 1.75 bits per heavy atom. The zero-order chi connectivity index (χ0) is 15.0. The maximum absolute atomic E-state index is 12.1. The Balaban J connectivity index is 1.79. The molecule has 0 heterocycles. The molecule has 2 saturated carbocycles. The first-order chi connectivity index (χ1) is 9.26. The predicted octanol–water partition coefficient (Wildman–Crippen LogP) is 2.46. The van der Waals surface area contributed by atoms with E-state index in [4.69, 9.17) is 5.11 Å². The summed E-state index contributed by atoms with van der Waals surface area (Å²) in [5, 5.41) is 11.9. The number of carboxylic acid groups (broad SMARTS) is 1. The average molecular weight is 282 g/mol. The number of hydrogen-bond donors (Lipinski definition) is 2. The minimum absolute atomic E-state index is 0.137. The molecule has 0 saturated heterocycles. The Hall–Kier alpha value is -1.26. The quantitative estimate of drug-likeness (QED) is 0.832. The SMILES string of the molecule is CN(C(=O)NCC1(C(=O)O)CC1)C1CCC(C)(C)CC1. The molecule has 0 aromatic carbocycles. The molecule has 2 N–H and O–H groups in total. The molecular weight excluding hydrogens is 256 g/mol. The second-order valence-corrected chi connectivity index (χ2v) is 7.25. The third-order valence-corrected chi connectivity index (χ3v) is 5.06. The van der Waals surface area contributed by atoms with Crippen molar-refractivity contribution in [2.24, 2.45) is 10.8 Å². The maximum atomic E-state index is 12.1. The van der Waals surface area contributed by atoms with E-state index in [1.165, 1.54) is 0 Å². The zero-order valence-electron chi connectivity index (χ0n) is 12.7. The molecule has 2 fully saturated rings. The van der Waals surface area contributed by atoms with E-state index in [1.54, 1.807) is 4.90 Å². The van der Waals surface area contributed by atoms with Gasteiger partial charge in [0.05, 0.1) is 5.41 Å². The van der Waals surface area contributed by atoms with Crippen molar-refractivity contribution in [3.05, 3.63) is 0 Å². The van der Waals surface area contributed by atoms with Crippen LogP contribution in [0.1, 0.15) is 52.4 Å². The molecule has 0 unspecified atom stereocenters. The number of carbonyl (C=O) groups is 2. The molecule has 2 amide bonds. The van der Waals surface area contributed by atoms with Crippen LogP contribution in [0.25, 0.3) is 0 Å². The maximum Gasteiger partial charge on any atom is 0.317 e. The molecule has 5 heteroatoms. The van der Waals surface area contributed by atoms with Gasteiger partial charge < -0.3 is 15.3 Å². The number of nitrogens with zero attached hydrogens (tertiary/aromatic N) is 1. The van der Waals surface area contributed by atoms with Crippen LogP contribution in [0.5, 0.6) is 0 Å². The molecule has 0 bridgehead atoms. The number of hydrogen-bond acceptors (Lipinski definition) is 2. The number of aliphatic carboxylic acids is 1. The normalized spacial score (nSPS) is 23.9. The van der Waals surface area contributed by atoms with Gasteiger partial charge in [-0.3, -0.25) is 4.79 Å². The summed E-state index contributed by atoms with van der Waals surface area (Å²) in [6.45, 7) is 4.80. The smallest absolute Gasteiger partial charge is 0.317 e. The van der Waals surface area contributed by atoms with E-state index in [1.807, 2.05) is 7.05 Å². The molecule has 0 aromatic rings. The predicted molar refractivity (Wildman–Crippen MR) is 76.5 cm³/mol. The van der Waals surface area contributed by atoms with Crippen LogP contribution in [0, 0.1) is 10.8 Å². The van der Waals surface area contributed by atoms with E-state index in [-0.39, 0.29) is 18.6 Å². The Morgan fingerprint density at radius 3 is 2.20 bits per heavy atom. The Kier molecular flexibility index (Phi) is 3.98. The molecule has 5 nitrogen and oxygen atoms in total. The highest BCUT2D eigenvalue weighted by atomic mass is 16.4. The van der Waals surface area contributed by atoms with E-state index in [9.17, 15) is 9.59 Å². The molecule has 0 atom stereocenters. The van der Waals surface area contributed by atoms with Gasteiger partial charge in [0, 0.05) is 19.6 Å². The number of nitrogens with one attached hydrogen (secondary N) is 1. The van der Waals surface area contributed by atoms with E-state index in [2.05, 4.69) is 19.2 Å². The summed E-state index contributed by atoms with van der Waals surface area (Å²) in [5.41, 5.74) is -0.305. The highest BCUT2D eigenvalue weighted by Gasteiger charge is 2.50. The molecule has 0 aromatic heterocycles. The molecule has 0 spiro atoms. The van der Waals surface area contributed by atoms with E-state index in [0.717, 1.165) is 25.7 Å². The van der Waals surface area contributed by atoms with Crippen molar-refractivity contribution in [1.82, 2.24) is 10.2 Å². The first-order valence-corrected chi connectivity index (χ1v) is 7.50. The van der Waals surface area contributed by atoms with E-state index >= 15 is 0 Å². The van der Waals surface area contributed by atoms with Gasteiger partial charge in [0.1, 0.15) is 0 Å². The summed E-state index contributed by atoms with van der Waals surface area (Å²) < 4.78 is 0. The number of urea groups is 1. The molecule has 2 aliphatic rings. The van der Waals surface area contributed by atoms with Crippen molar-refractivity contribution in [3.63, 3.8) is 0 Å². The molecule has 0 radical (unpaired) electrons. The van der Waals surface area contributed by atoms with Crippen molar-refractivity contribution < 1.29 is 14.7 Å². The minimum Gasteiger partial charge on any atom is -0.481 e. The fraction of sp³-hybridized carbons (Fsp3) is 0.867. The second kappa shape index (κ2) is 5.26. The summed E-state index contributed by atoms with van der Waals surface area (Å²) in [4.78, 5) is 25.0. The van der Waals surface area contributed by atoms with Crippen molar-refractivity contribution in [1.29, 1.82) is 0 Å². The van der Waals surface area contributed by atoms with Crippen molar-refractivity contribution >= 4 is 12.0 Å². The molecule has 20 heavy (non-hydrogen) atoms. The largest absolute Gasteiger partial charge is 0.481 e. The third kappa shape index (κ3) is 3.25. The topological polar surface area (TPSA) is 69.6 Å². The number of amides is 2. The zero-order valence-corrected chi connectivity index (χ0v) is 12.7. The molecule has 2 aliphatic carbocycles. The van der Waals surface area contributed by atoms with Crippen LogP contribution in [0.2, 0.25) is 0 Å². The van der Waals surface area contributed by atoms with Crippen molar-refractivity contribution in [2.45, 2.75) is 58.4 Å². The van der Waals surface area contributed by atoms with Crippen molar-refractivity contribution in [2.75, 3.05) is 13.6 Å². The lowest BCUT2D eigenvalue weighted by Gasteiger charge is -2.38. The van der Waals surface area contributed by atoms with E-state index in [0.29, 0.717) is 18.3 Å². The molecular formula is C15H26N2O3.